The molecule has 4 aromatic rings. The number of ether oxygens (including phenoxy) is 2. The number of fused-ring (bicyclic) bond motifs is 1. The lowest BCUT2D eigenvalue weighted by molar-refractivity contribution is -0.112. The molecule has 0 unspecified atom stereocenters. The van der Waals surface area contributed by atoms with Crippen LogP contribution in [0.1, 0.15) is 51.2 Å². The van der Waals surface area contributed by atoms with Crippen LogP contribution in [0.25, 0.3) is 17.2 Å². The lowest BCUT2D eigenvalue weighted by atomic mass is 10.00. The molecule has 0 aromatic heterocycles. The number of rotatable bonds is 15. The second kappa shape index (κ2) is 17.1. The number of hydrogen-bond acceptors (Lipinski definition) is 5. The third kappa shape index (κ3) is 9.75. The molecule has 0 saturated heterocycles. The van der Waals surface area contributed by atoms with Gasteiger partial charge in [-0.1, -0.05) is 75.7 Å². The molecule has 1 heterocycles. The van der Waals surface area contributed by atoms with Crippen molar-refractivity contribution in [3.63, 3.8) is 0 Å². The smallest absolute Gasteiger partial charge is 0.251 e. The summed E-state index contributed by atoms with van der Waals surface area (Å²) in [5.74, 6) is 2.21. The molecule has 0 radical (unpaired) electrons. The van der Waals surface area contributed by atoms with Crippen LogP contribution < -0.4 is 15.0 Å². The van der Waals surface area contributed by atoms with Crippen LogP contribution in [0, 0.1) is 5.92 Å². The predicted octanol–water partition coefficient (Wildman–Crippen LogP) is 9.73. The minimum Gasteiger partial charge on any atom is -0.491 e. The van der Waals surface area contributed by atoms with Crippen molar-refractivity contribution in [3.05, 3.63) is 114 Å². The molecule has 0 atom stereocenters. The fourth-order valence-corrected chi connectivity index (χ4v) is 6.33. The molecule has 5 rings (SSSR count). The zero-order valence-corrected chi connectivity index (χ0v) is 28.2. The number of amides is 1. The van der Waals surface area contributed by atoms with E-state index in [1.54, 1.807) is 11.8 Å². The van der Waals surface area contributed by atoms with Crippen molar-refractivity contribution in [2.75, 3.05) is 43.1 Å². The molecule has 0 bridgehead atoms. The van der Waals surface area contributed by atoms with Crippen molar-refractivity contribution >= 4 is 35.1 Å². The first-order chi connectivity index (χ1) is 22.5. The molecular formula is C40H46N2O3S. The van der Waals surface area contributed by atoms with Crippen molar-refractivity contribution in [1.82, 2.24) is 0 Å². The van der Waals surface area contributed by atoms with Crippen LogP contribution in [0.5, 0.6) is 5.75 Å². The van der Waals surface area contributed by atoms with Gasteiger partial charge in [-0.05, 0) is 95.6 Å². The summed E-state index contributed by atoms with van der Waals surface area (Å²) in [6, 6.07) is 33.4. The monoisotopic (exact) mass is 634 g/mol. The second-order valence-corrected chi connectivity index (χ2v) is 13.2. The molecule has 6 heteroatoms. The van der Waals surface area contributed by atoms with Crippen molar-refractivity contribution in [1.29, 1.82) is 0 Å². The summed E-state index contributed by atoms with van der Waals surface area (Å²) in [7, 11) is 0. The van der Waals surface area contributed by atoms with Gasteiger partial charge >= 0.3 is 0 Å². The van der Waals surface area contributed by atoms with Gasteiger partial charge in [0.25, 0.3) is 5.91 Å². The van der Waals surface area contributed by atoms with Crippen molar-refractivity contribution < 1.29 is 14.3 Å². The topological polar surface area (TPSA) is 50.8 Å². The Balaban J connectivity index is 1.27. The van der Waals surface area contributed by atoms with E-state index < -0.39 is 0 Å². The minimum absolute atomic E-state index is 0.0485. The molecule has 46 heavy (non-hydrogen) atoms. The number of nitrogens with zero attached hydrogens (tertiary/aromatic N) is 1. The molecular weight excluding hydrogens is 589 g/mol. The highest BCUT2D eigenvalue weighted by Crippen LogP contribution is 2.34. The number of hydrogen-bond donors (Lipinski definition) is 1. The number of unbranched alkanes of at least 4 members (excludes halogenated alkanes) is 1. The first kappa shape index (κ1) is 33.4. The molecule has 0 fully saturated rings. The molecule has 0 aliphatic carbocycles. The highest BCUT2D eigenvalue weighted by atomic mass is 32.2. The maximum atomic E-state index is 13.6. The Kier molecular flexibility index (Phi) is 12.4. The third-order valence-corrected chi connectivity index (χ3v) is 9.00. The van der Waals surface area contributed by atoms with Gasteiger partial charge in [-0.2, -0.15) is 0 Å². The summed E-state index contributed by atoms with van der Waals surface area (Å²) in [6.45, 7) is 10.3. The first-order valence-corrected chi connectivity index (χ1v) is 17.5. The van der Waals surface area contributed by atoms with Crippen LogP contribution in [-0.4, -0.2) is 38.8 Å². The lowest BCUT2D eigenvalue weighted by Gasteiger charge is -2.27. The molecule has 0 spiro atoms. The van der Waals surface area contributed by atoms with Gasteiger partial charge in [0.15, 0.2) is 0 Å². The Hall–Kier alpha value is -4.00. The Morgan fingerprint density at radius 1 is 0.891 bits per heavy atom. The van der Waals surface area contributed by atoms with Crippen LogP contribution >= 0.6 is 11.8 Å². The molecule has 4 aromatic carbocycles. The SMILES string of the molecule is CCCCOCCOc1ccc(-c2ccc3c(c2)C=C(C(=O)Nc2ccc(SCc4ccccc4)cc2)CCN3CC(C)C)cc1. The van der Waals surface area contributed by atoms with E-state index in [1.807, 2.05) is 30.3 Å². The van der Waals surface area contributed by atoms with Crippen LogP contribution in [0.4, 0.5) is 11.4 Å². The van der Waals surface area contributed by atoms with E-state index in [9.17, 15) is 4.79 Å². The lowest BCUT2D eigenvalue weighted by Crippen LogP contribution is -2.29. The molecule has 1 N–H and O–H groups in total. The van der Waals surface area contributed by atoms with Gasteiger partial charge in [0.05, 0.1) is 6.61 Å². The zero-order valence-electron chi connectivity index (χ0n) is 27.3. The van der Waals surface area contributed by atoms with Gasteiger partial charge in [0.1, 0.15) is 12.4 Å². The van der Waals surface area contributed by atoms with Crippen LogP contribution in [0.3, 0.4) is 0 Å². The maximum Gasteiger partial charge on any atom is 0.251 e. The quantitative estimate of drug-likeness (QED) is 0.104. The van der Waals surface area contributed by atoms with E-state index in [2.05, 4.69) is 104 Å². The van der Waals surface area contributed by atoms with E-state index in [0.717, 1.165) is 72.0 Å². The highest BCUT2D eigenvalue weighted by Gasteiger charge is 2.21. The molecule has 0 saturated carbocycles. The van der Waals surface area contributed by atoms with E-state index in [-0.39, 0.29) is 5.91 Å². The van der Waals surface area contributed by atoms with Crippen LogP contribution in [0.2, 0.25) is 0 Å². The summed E-state index contributed by atoms with van der Waals surface area (Å²) >= 11 is 1.79. The minimum atomic E-state index is -0.0485. The Bertz CT molecular complexity index is 1570. The van der Waals surface area contributed by atoms with Gasteiger partial charge < -0.3 is 19.7 Å². The molecule has 240 valence electrons. The Labute approximate surface area is 279 Å². The summed E-state index contributed by atoms with van der Waals surface area (Å²) in [5.41, 5.74) is 7.35. The summed E-state index contributed by atoms with van der Waals surface area (Å²) < 4.78 is 11.5. The van der Waals surface area contributed by atoms with Gasteiger partial charge in [-0.25, -0.2) is 0 Å². The number of benzene rings is 4. The van der Waals surface area contributed by atoms with E-state index in [0.29, 0.717) is 25.6 Å². The first-order valence-electron chi connectivity index (χ1n) is 16.5. The standard InChI is InChI=1S/C40H46N2O3S/c1-4-5-23-44-24-25-45-37-16-11-32(12-17-37)33-13-20-39-35(26-33)27-34(21-22-42(39)28-30(2)3)40(43)41-36-14-18-38(19-15-36)46-29-31-9-7-6-8-10-31/h6-20,26-27,30H,4-5,21-25,28-29H2,1-3H3,(H,41,43). The van der Waals surface area contributed by atoms with Gasteiger partial charge in [-0.3, -0.25) is 4.79 Å². The van der Waals surface area contributed by atoms with Crippen molar-refractivity contribution in [2.45, 2.75) is 50.7 Å². The largest absolute Gasteiger partial charge is 0.491 e. The maximum absolute atomic E-state index is 13.6. The Morgan fingerprint density at radius 3 is 2.39 bits per heavy atom. The normalized spacial score (nSPS) is 12.8. The van der Waals surface area contributed by atoms with Gasteiger partial charge in [-0.15, -0.1) is 11.8 Å². The predicted molar refractivity (Wildman–Crippen MR) is 194 cm³/mol. The number of nitrogens with one attached hydrogen (secondary N) is 1. The molecule has 1 amide bonds. The van der Waals surface area contributed by atoms with E-state index in [1.165, 1.54) is 16.1 Å². The summed E-state index contributed by atoms with van der Waals surface area (Å²) in [6.07, 6.45) is 4.97. The second-order valence-electron chi connectivity index (χ2n) is 12.1. The van der Waals surface area contributed by atoms with Gasteiger partial charge in [0.2, 0.25) is 0 Å². The van der Waals surface area contributed by atoms with Crippen molar-refractivity contribution in [3.8, 4) is 16.9 Å². The fraction of sp³-hybridized carbons (Fsp3) is 0.325. The molecule has 1 aliphatic heterocycles. The number of carbonyl (C=O) groups is 1. The number of anilines is 2. The fourth-order valence-electron chi connectivity index (χ4n) is 5.48. The average molecular weight is 635 g/mol. The number of carbonyl (C=O) groups excluding carboxylic acids is 1. The number of thioether (sulfide) groups is 1. The van der Waals surface area contributed by atoms with Crippen LogP contribution in [-0.2, 0) is 15.3 Å². The summed E-state index contributed by atoms with van der Waals surface area (Å²) in [5, 5.41) is 3.15. The van der Waals surface area contributed by atoms with Gasteiger partial charge in [0, 0.05) is 47.3 Å². The average Bonchev–Trinajstić information content (AvgIpc) is 3.25. The van der Waals surface area contributed by atoms with E-state index >= 15 is 0 Å². The van der Waals surface area contributed by atoms with E-state index in [4.69, 9.17) is 9.47 Å². The Morgan fingerprint density at radius 2 is 1.65 bits per heavy atom. The highest BCUT2D eigenvalue weighted by molar-refractivity contribution is 7.98. The van der Waals surface area contributed by atoms with Crippen molar-refractivity contribution in [2.24, 2.45) is 5.92 Å². The third-order valence-electron chi connectivity index (χ3n) is 7.91. The van der Waals surface area contributed by atoms with Crippen LogP contribution in [0.15, 0.2) is 108 Å². The summed E-state index contributed by atoms with van der Waals surface area (Å²) in [4.78, 5) is 17.2. The zero-order chi connectivity index (χ0) is 32.1. The molecule has 5 nitrogen and oxygen atoms in total. The molecule has 1 aliphatic rings.